The van der Waals surface area contributed by atoms with Gasteiger partial charge in [0.1, 0.15) is 11.2 Å². The van der Waals surface area contributed by atoms with Crippen LogP contribution >= 0.6 is 0 Å². The lowest BCUT2D eigenvalue weighted by molar-refractivity contribution is -0.162. The fourth-order valence-electron chi connectivity index (χ4n) is 10.7. The maximum Gasteiger partial charge on any atom is 0.306 e. The highest BCUT2D eigenvalue weighted by molar-refractivity contribution is 5.71. The van der Waals surface area contributed by atoms with E-state index in [1.54, 1.807) is 52.5 Å². The van der Waals surface area contributed by atoms with Crippen molar-refractivity contribution in [3.8, 4) is 22.8 Å². The standard InChI is InChI=1S/C56H70N8O8/c1-35(2)37-17-21-41(22-18-37)55(67,53(9)31-63(11)32-53)43-25-39(27-57-29-43)47-59-49(71-61-47)51(5,6)69-45(65)15-13-14-16-46(66)70-52(7,8)50-60-48(62-72-50)40-26-44(30-58-28-40)56(68,54(10)33-64(12)34-54)42-23-19-38(20-24-42)36(3)4/h17-30,35-36,67-68H,13-16,31-34H2,1-12H3/t55-,56-/m0/s1. The number of benzene rings is 2. The zero-order valence-electron chi connectivity index (χ0n) is 43.8. The van der Waals surface area contributed by atoms with Gasteiger partial charge >= 0.3 is 11.9 Å². The maximum atomic E-state index is 13.1. The first-order valence-electron chi connectivity index (χ1n) is 24.9. The molecule has 0 amide bonds. The van der Waals surface area contributed by atoms with Gasteiger partial charge in [-0.05, 0) is 101 Å². The predicted molar refractivity (Wildman–Crippen MR) is 270 cm³/mol. The number of aliphatic hydroxyl groups is 2. The van der Waals surface area contributed by atoms with Crippen molar-refractivity contribution in [2.45, 2.75) is 129 Å². The van der Waals surface area contributed by atoms with E-state index in [1.165, 1.54) is 11.1 Å². The van der Waals surface area contributed by atoms with E-state index >= 15 is 0 Å². The van der Waals surface area contributed by atoms with E-state index in [4.69, 9.17) is 18.5 Å². The molecule has 0 unspecified atom stereocenters. The van der Waals surface area contributed by atoms with Crippen molar-refractivity contribution in [3.05, 3.63) is 131 Å². The Balaban J connectivity index is 0.858. The van der Waals surface area contributed by atoms with E-state index in [9.17, 15) is 19.8 Å². The largest absolute Gasteiger partial charge is 0.450 e. The Morgan fingerprint density at radius 1 is 0.597 bits per heavy atom. The molecular formula is C56H70N8O8. The highest BCUT2D eigenvalue weighted by Crippen LogP contribution is 2.52. The molecule has 2 aliphatic rings. The molecule has 16 heteroatoms. The lowest BCUT2D eigenvalue weighted by Crippen LogP contribution is -2.63. The van der Waals surface area contributed by atoms with Crippen molar-refractivity contribution in [2.75, 3.05) is 40.3 Å². The Kier molecular flexibility index (Phi) is 14.2. The SMILES string of the molecule is CC(C)c1ccc([C@](O)(c2cncc(-c3noc(C(C)(C)OC(=O)CCCCC(=O)OC(C)(C)c4nc(-c5cncc([C@@](O)(c6ccc(C(C)C)cc6)C6(C)CN(C)C6)c5)no4)n3)c2)C2(C)CN(C)C2)cc1. The molecule has 2 aromatic carbocycles. The number of pyridine rings is 2. The number of rotatable bonds is 19. The minimum Gasteiger partial charge on any atom is -0.450 e. The molecule has 2 atom stereocenters. The smallest absolute Gasteiger partial charge is 0.306 e. The molecule has 4 aromatic heterocycles. The summed E-state index contributed by atoms with van der Waals surface area (Å²) in [4.78, 5) is 48.8. The Hall–Kier alpha value is -6.20. The number of carbonyl (C=O) groups excluding carboxylic acids is 2. The van der Waals surface area contributed by atoms with Crippen LogP contribution in [0.2, 0.25) is 0 Å². The zero-order valence-corrected chi connectivity index (χ0v) is 43.8. The van der Waals surface area contributed by atoms with E-state index in [2.05, 4.69) is 106 Å². The van der Waals surface area contributed by atoms with Crippen LogP contribution < -0.4 is 0 Å². The molecule has 382 valence electrons. The van der Waals surface area contributed by atoms with Crippen molar-refractivity contribution in [2.24, 2.45) is 10.8 Å². The zero-order chi connectivity index (χ0) is 52.0. The van der Waals surface area contributed by atoms with Gasteiger partial charge in [0, 0.05) is 96.9 Å². The van der Waals surface area contributed by atoms with Crippen LogP contribution in [0.15, 0.2) is 94.5 Å². The minimum atomic E-state index is -1.36. The third-order valence-electron chi connectivity index (χ3n) is 14.7. The number of esters is 2. The van der Waals surface area contributed by atoms with Crippen LogP contribution in [0, 0.1) is 10.8 Å². The average molecular weight is 983 g/mol. The second-order valence-corrected chi connectivity index (χ2v) is 22.4. The predicted octanol–water partition coefficient (Wildman–Crippen LogP) is 9.02. The van der Waals surface area contributed by atoms with Crippen molar-refractivity contribution >= 4 is 11.9 Å². The molecule has 6 heterocycles. The topological polar surface area (TPSA) is 203 Å². The van der Waals surface area contributed by atoms with Crippen LogP contribution in [0.25, 0.3) is 22.8 Å². The second-order valence-electron chi connectivity index (χ2n) is 22.4. The third-order valence-corrected chi connectivity index (χ3v) is 14.7. The average Bonchev–Trinajstić information content (AvgIpc) is 4.05. The van der Waals surface area contributed by atoms with Crippen LogP contribution in [-0.4, -0.2) is 102 Å². The molecule has 6 aromatic rings. The maximum absolute atomic E-state index is 13.1. The fourth-order valence-corrected chi connectivity index (χ4v) is 10.7. The molecule has 16 nitrogen and oxygen atoms in total. The van der Waals surface area contributed by atoms with Crippen LogP contribution in [0.4, 0.5) is 0 Å². The number of nitrogens with zero attached hydrogens (tertiary/aromatic N) is 8. The Morgan fingerprint density at radius 3 is 1.26 bits per heavy atom. The molecule has 0 bridgehead atoms. The van der Waals surface area contributed by atoms with Crippen LogP contribution in [0.5, 0.6) is 0 Å². The lowest BCUT2D eigenvalue weighted by Gasteiger charge is -2.55. The van der Waals surface area contributed by atoms with Gasteiger partial charge in [-0.3, -0.25) is 19.6 Å². The molecule has 2 aliphatic heterocycles. The van der Waals surface area contributed by atoms with Crippen LogP contribution in [-0.2, 0) is 41.5 Å². The van der Waals surface area contributed by atoms with E-state index in [0.29, 0.717) is 73.1 Å². The highest BCUT2D eigenvalue weighted by Gasteiger charge is 2.57. The third kappa shape index (κ3) is 9.98. The van der Waals surface area contributed by atoms with Crippen molar-refractivity contribution in [1.29, 1.82) is 0 Å². The summed E-state index contributed by atoms with van der Waals surface area (Å²) < 4.78 is 23.0. The molecule has 2 N–H and O–H groups in total. The first kappa shape index (κ1) is 52.1. The van der Waals surface area contributed by atoms with Crippen molar-refractivity contribution < 1.29 is 38.3 Å². The number of hydrogen-bond acceptors (Lipinski definition) is 16. The number of ether oxygens (including phenoxy) is 2. The molecule has 8 rings (SSSR count). The van der Waals surface area contributed by atoms with Gasteiger partial charge in [0.05, 0.1) is 0 Å². The van der Waals surface area contributed by atoms with Gasteiger partial charge in [0.15, 0.2) is 11.2 Å². The molecule has 72 heavy (non-hydrogen) atoms. The summed E-state index contributed by atoms with van der Waals surface area (Å²) in [6, 6.07) is 19.9. The first-order chi connectivity index (χ1) is 33.9. The van der Waals surface area contributed by atoms with Gasteiger partial charge in [0.25, 0.3) is 11.8 Å². The summed E-state index contributed by atoms with van der Waals surface area (Å²) >= 11 is 0. The number of hydrogen-bond donors (Lipinski definition) is 2. The van der Waals surface area contributed by atoms with Gasteiger partial charge in [-0.15, -0.1) is 0 Å². The Morgan fingerprint density at radius 2 is 0.944 bits per heavy atom. The lowest BCUT2D eigenvalue weighted by atomic mass is 9.62. The first-order valence-corrected chi connectivity index (χ1v) is 24.9. The summed E-state index contributed by atoms with van der Waals surface area (Å²) in [5.41, 5.74) is -0.0304. The number of carbonyl (C=O) groups is 2. The highest BCUT2D eigenvalue weighted by atomic mass is 16.6. The number of aromatic nitrogens is 6. The number of likely N-dealkylation sites (tertiary alicyclic amines) is 2. The molecule has 0 radical (unpaired) electrons. The monoisotopic (exact) mass is 983 g/mol. The molecule has 2 saturated heterocycles. The Labute approximate surface area is 422 Å². The van der Waals surface area contributed by atoms with Crippen molar-refractivity contribution in [3.63, 3.8) is 0 Å². The number of unbranched alkanes of at least 4 members (excludes halogenated alkanes) is 1. The molecule has 0 aliphatic carbocycles. The molecular weight excluding hydrogens is 913 g/mol. The fraction of sp³-hybridized carbons (Fsp3) is 0.500. The second kappa shape index (κ2) is 19.7. The van der Waals surface area contributed by atoms with Gasteiger partial charge < -0.3 is 38.5 Å². The van der Waals surface area contributed by atoms with E-state index < -0.39 is 45.2 Å². The Bertz CT molecular complexity index is 2680. The summed E-state index contributed by atoms with van der Waals surface area (Å²) in [5, 5.41) is 33.8. The summed E-state index contributed by atoms with van der Waals surface area (Å²) in [6.07, 6.45) is 7.37. The summed E-state index contributed by atoms with van der Waals surface area (Å²) in [7, 11) is 4.07. The molecule has 0 spiro atoms. The quantitative estimate of drug-likeness (QED) is 0.0574. The normalized spacial score (nSPS) is 17.7. The van der Waals surface area contributed by atoms with Gasteiger partial charge in [-0.25, -0.2) is 0 Å². The van der Waals surface area contributed by atoms with Gasteiger partial charge in [-0.1, -0.05) is 100 Å². The summed E-state index contributed by atoms with van der Waals surface area (Å²) in [6.45, 7) is 22.2. The minimum absolute atomic E-state index is 0.0338. The molecule has 0 saturated carbocycles. The van der Waals surface area contributed by atoms with E-state index in [1.807, 2.05) is 50.5 Å². The summed E-state index contributed by atoms with van der Waals surface area (Å²) in [5.74, 6) is 0.350. The van der Waals surface area contributed by atoms with Gasteiger partial charge in [-0.2, -0.15) is 9.97 Å². The molecule has 2 fully saturated rings. The van der Waals surface area contributed by atoms with E-state index in [-0.39, 0.29) is 36.3 Å². The van der Waals surface area contributed by atoms with Gasteiger partial charge in [0.2, 0.25) is 11.6 Å². The van der Waals surface area contributed by atoms with Crippen LogP contribution in [0.1, 0.15) is 152 Å². The van der Waals surface area contributed by atoms with Crippen molar-refractivity contribution in [1.82, 2.24) is 40.0 Å². The van der Waals surface area contributed by atoms with E-state index in [0.717, 1.165) is 11.1 Å². The van der Waals surface area contributed by atoms with Crippen LogP contribution in [0.3, 0.4) is 0 Å².